The first kappa shape index (κ1) is 23.6. The van der Waals surface area contributed by atoms with Gasteiger partial charge in [0, 0.05) is 27.3 Å². The maximum atomic E-state index is 6.42. The molecule has 0 saturated heterocycles. The molecular formula is C37H27N3O. The minimum atomic E-state index is -0.292. The molecule has 0 fully saturated rings. The normalized spacial score (nSPS) is 16.9. The molecule has 41 heavy (non-hydrogen) atoms. The second-order valence-electron chi connectivity index (χ2n) is 10.5. The molecule has 0 bridgehead atoms. The number of nitrogens with zero attached hydrogens (tertiary/aromatic N) is 2. The van der Waals surface area contributed by atoms with E-state index in [-0.39, 0.29) is 6.17 Å². The van der Waals surface area contributed by atoms with Gasteiger partial charge in [-0.2, -0.15) is 0 Å². The third-order valence-electron chi connectivity index (χ3n) is 7.96. The summed E-state index contributed by atoms with van der Waals surface area (Å²) in [7, 11) is 0. The summed E-state index contributed by atoms with van der Waals surface area (Å²) in [6, 6.07) is 38.0. The molecule has 1 unspecified atom stereocenters. The molecule has 5 aromatic carbocycles. The SMILES string of the molecule is C1=CC(C2=NC(c3ccccc3)N=C(c3ccc(-c4cccc5oc6c7ccccc7ccc6c45)cc3)N2)=CCC1. The van der Waals surface area contributed by atoms with E-state index in [2.05, 4.69) is 115 Å². The molecule has 4 heteroatoms. The van der Waals surface area contributed by atoms with Crippen molar-refractivity contribution in [3.63, 3.8) is 0 Å². The summed E-state index contributed by atoms with van der Waals surface area (Å²) in [5, 5.41) is 8.13. The zero-order chi connectivity index (χ0) is 27.2. The molecule has 196 valence electrons. The lowest BCUT2D eigenvalue weighted by Crippen LogP contribution is -2.36. The van der Waals surface area contributed by atoms with Crippen LogP contribution in [0.3, 0.4) is 0 Å². The van der Waals surface area contributed by atoms with Crippen molar-refractivity contribution in [3.8, 4) is 11.1 Å². The zero-order valence-corrected chi connectivity index (χ0v) is 22.4. The highest BCUT2D eigenvalue weighted by molar-refractivity contribution is 6.19. The van der Waals surface area contributed by atoms with E-state index in [0.717, 1.165) is 79.7 Å². The van der Waals surface area contributed by atoms with Gasteiger partial charge in [0.1, 0.15) is 22.8 Å². The third-order valence-corrected chi connectivity index (χ3v) is 7.96. The van der Waals surface area contributed by atoms with Crippen LogP contribution in [0.15, 0.2) is 147 Å². The van der Waals surface area contributed by atoms with Gasteiger partial charge in [-0.15, -0.1) is 0 Å². The third kappa shape index (κ3) is 4.16. The lowest BCUT2D eigenvalue weighted by molar-refractivity contribution is 0.673. The number of amidine groups is 2. The zero-order valence-electron chi connectivity index (χ0n) is 22.4. The van der Waals surface area contributed by atoms with Gasteiger partial charge in [-0.25, -0.2) is 9.98 Å². The van der Waals surface area contributed by atoms with Crippen molar-refractivity contribution in [2.75, 3.05) is 0 Å². The van der Waals surface area contributed by atoms with Gasteiger partial charge in [0.2, 0.25) is 0 Å². The van der Waals surface area contributed by atoms with Crippen molar-refractivity contribution >= 4 is 44.4 Å². The molecule has 2 aliphatic rings. The summed E-state index contributed by atoms with van der Waals surface area (Å²) in [6.45, 7) is 0. The van der Waals surface area contributed by atoms with E-state index in [1.807, 2.05) is 18.2 Å². The molecular weight excluding hydrogens is 502 g/mol. The summed E-state index contributed by atoms with van der Waals surface area (Å²) >= 11 is 0. The number of benzene rings is 5. The molecule has 0 spiro atoms. The number of aliphatic imine (C=N–C) groups is 2. The van der Waals surface area contributed by atoms with Crippen LogP contribution < -0.4 is 5.32 Å². The fourth-order valence-corrected chi connectivity index (χ4v) is 5.91. The van der Waals surface area contributed by atoms with Crippen LogP contribution in [0.2, 0.25) is 0 Å². The minimum absolute atomic E-state index is 0.292. The van der Waals surface area contributed by atoms with Crippen LogP contribution in [0.1, 0.15) is 30.1 Å². The summed E-state index contributed by atoms with van der Waals surface area (Å²) in [5.74, 6) is 1.69. The maximum Gasteiger partial charge on any atom is 0.169 e. The Bertz CT molecular complexity index is 2060. The number of rotatable bonds is 4. The van der Waals surface area contributed by atoms with E-state index in [1.54, 1.807) is 0 Å². The highest BCUT2D eigenvalue weighted by Gasteiger charge is 2.22. The van der Waals surface area contributed by atoms with Gasteiger partial charge in [-0.3, -0.25) is 0 Å². The standard InChI is InChI=1S/C37H27N3O/c1-3-11-26(12-4-1)35-38-36(27-13-5-2-6-14-27)40-37(39-35)28-20-18-25(19-21-28)29-16-9-17-32-33(29)31-23-22-24-10-7-8-15-30(24)34(31)41-32/h1,3-5,7-23,35H,2,6H2,(H,38,39,40). The van der Waals surface area contributed by atoms with E-state index in [9.17, 15) is 0 Å². The van der Waals surface area contributed by atoms with Crippen LogP contribution in [0.4, 0.5) is 0 Å². The molecule has 0 amide bonds. The smallest absolute Gasteiger partial charge is 0.169 e. The summed E-state index contributed by atoms with van der Waals surface area (Å²) in [6.07, 6.45) is 8.41. The lowest BCUT2D eigenvalue weighted by Gasteiger charge is -2.23. The van der Waals surface area contributed by atoms with Gasteiger partial charge in [-0.1, -0.05) is 115 Å². The molecule has 0 radical (unpaired) electrons. The molecule has 0 saturated carbocycles. The first-order chi connectivity index (χ1) is 20.3. The Morgan fingerprint density at radius 1 is 0.659 bits per heavy atom. The van der Waals surface area contributed by atoms with Crippen LogP contribution in [-0.4, -0.2) is 11.7 Å². The molecule has 1 N–H and O–H groups in total. The topological polar surface area (TPSA) is 49.9 Å². The Hall–Kier alpha value is -5.22. The Morgan fingerprint density at radius 3 is 2.32 bits per heavy atom. The largest absolute Gasteiger partial charge is 0.455 e. The maximum absolute atomic E-state index is 6.42. The Kier molecular flexibility index (Phi) is 5.63. The predicted molar refractivity (Wildman–Crippen MR) is 169 cm³/mol. The highest BCUT2D eigenvalue weighted by Crippen LogP contribution is 2.39. The van der Waals surface area contributed by atoms with Crippen molar-refractivity contribution in [1.82, 2.24) is 5.32 Å². The van der Waals surface area contributed by atoms with Gasteiger partial charge < -0.3 is 9.73 Å². The molecule has 4 nitrogen and oxygen atoms in total. The van der Waals surface area contributed by atoms with E-state index < -0.39 is 0 Å². The van der Waals surface area contributed by atoms with E-state index in [4.69, 9.17) is 14.4 Å². The van der Waals surface area contributed by atoms with E-state index >= 15 is 0 Å². The number of fused-ring (bicyclic) bond motifs is 5. The molecule has 2 heterocycles. The first-order valence-electron chi connectivity index (χ1n) is 14.1. The van der Waals surface area contributed by atoms with Crippen molar-refractivity contribution < 1.29 is 4.42 Å². The van der Waals surface area contributed by atoms with Gasteiger partial charge >= 0.3 is 0 Å². The monoisotopic (exact) mass is 529 g/mol. The second-order valence-corrected chi connectivity index (χ2v) is 10.5. The van der Waals surface area contributed by atoms with Gasteiger partial charge in [0.15, 0.2) is 6.17 Å². The molecule has 1 atom stereocenters. The quantitative estimate of drug-likeness (QED) is 0.248. The Labute approximate surface area is 238 Å². The molecule has 1 aliphatic heterocycles. The molecule has 6 aromatic rings. The Morgan fingerprint density at radius 2 is 1.46 bits per heavy atom. The number of furan rings is 1. The number of nitrogens with one attached hydrogen (secondary N) is 1. The summed E-state index contributed by atoms with van der Waals surface area (Å²) in [4.78, 5) is 10.0. The number of hydrogen-bond donors (Lipinski definition) is 1. The summed E-state index contributed by atoms with van der Waals surface area (Å²) in [5.41, 5.74) is 7.35. The Balaban J connectivity index is 1.19. The van der Waals surface area contributed by atoms with Crippen LogP contribution in [0.5, 0.6) is 0 Å². The molecule has 8 rings (SSSR count). The van der Waals surface area contributed by atoms with Crippen molar-refractivity contribution in [1.29, 1.82) is 0 Å². The van der Waals surface area contributed by atoms with Crippen LogP contribution >= 0.6 is 0 Å². The average Bonchev–Trinajstić information content (AvgIpc) is 3.45. The van der Waals surface area contributed by atoms with Crippen molar-refractivity contribution in [3.05, 3.63) is 144 Å². The predicted octanol–water partition coefficient (Wildman–Crippen LogP) is 9.13. The van der Waals surface area contributed by atoms with E-state index in [1.165, 1.54) is 5.39 Å². The second kappa shape index (κ2) is 9.76. The van der Waals surface area contributed by atoms with Gasteiger partial charge in [0.05, 0.1) is 0 Å². The lowest BCUT2D eigenvalue weighted by atomic mass is 9.97. The van der Waals surface area contributed by atoms with Crippen LogP contribution in [0.25, 0.3) is 43.8 Å². The van der Waals surface area contributed by atoms with Crippen molar-refractivity contribution in [2.24, 2.45) is 9.98 Å². The van der Waals surface area contributed by atoms with Crippen LogP contribution in [0, 0.1) is 0 Å². The van der Waals surface area contributed by atoms with Crippen LogP contribution in [-0.2, 0) is 0 Å². The average molecular weight is 530 g/mol. The molecule has 1 aliphatic carbocycles. The highest BCUT2D eigenvalue weighted by atomic mass is 16.3. The fourth-order valence-electron chi connectivity index (χ4n) is 5.91. The van der Waals surface area contributed by atoms with Gasteiger partial charge in [-0.05, 0) is 47.1 Å². The first-order valence-corrected chi connectivity index (χ1v) is 14.1. The van der Waals surface area contributed by atoms with Gasteiger partial charge in [0.25, 0.3) is 0 Å². The fraction of sp³-hybridized carbons (Fsp3) is 0.0811. The molecule has 1 aromatic heterocycles. The number of hydrogen-bond acceptors (Lipinski definition) is 4. The summed E-state index contributed by atoms with van der Waals surface area (Å²) < 4.78 is 6.42. The number of allylic oxidation sites excluding steroid dienone is 2. The minimum Gasteiger partial charge on any atom is -0.455 e. The van der Waals surface area contributed by atoms with Crippen molar-refractivity contribution in [2.45, 2.75) is 19.0 Å². The van der Waals surface area contributed by atoms with E-state index in [0.29, 0.717) is 0 Å².